The van der Waals surface area contributed by atoms with Gasteiger partial charge < -0.3 is 0 Å². The van der Waals surface area contributed by atoms with Crippen molar-refractivity contribution in [3.05, 3.63) is 28.7 Å². The molecule has 0 unspecified atom stereocenters. The van der Waals surface area contributed by atoms with Gasteiger partial charge in [0, 0.05) is 10.5 Å². The molecule has 1 aliphatic carbocycles. The number of alkyl halides is 3. The van der Waals surface area contributed by atoms with E-state index in [1.807, 2.05) is 0 Å². The average molecular weight is 386 g/mol. The second-order valence-corrected chi connectivity index (χ2v) is 7.80. The normalized spacial score (nSPS) is 24.0. The van der Waals surface area contributed by atoms with Gasteiger partial charge in [0.1, 0.15) is 0 Å². The van der Waals surface area contributed by atoms with Crippen molar-refractivity contribution < 1.29 is 21.6 Å². The van der Waals surface area contributed by atoms with E-state index in [0.29, 0.717) is 4.47 Å². The first-order chi connectivity index (χ1) is 9.68. The lowest BCUT2D eigenvalue weighted by molar-refractivity contribution is -0.182. The van der Waals surface area contributed by atoms with Crippen LogP contribution in [0.3, 0.4) is 0 Å². The summed E-state index contributed by atoms with van der Waals surface area (Å²) in [6, 6.07) is 5.78. The van der Waals surface area contributed by atoms with Crippen LogP contribution in [0.2, 0.25) is 0 Å². The highest BCUT2D eigenvalue weighted by Crippen LogP contribution is 2.37. The van der Waals surface area contributed by atoms with Crippen molar-refractivity contribution in [2.24, 2.45) is 5.92 Å². The van der Waals surface area contributed by atoms with Crippen LogP contribution in [0.1, 0.15) is 25.7 Å². The molecule has 1 aromatic rings. The summed E-state index contributed by atoms with van der Waals surface area (Å²) in [5.74, 6) is -1.32. The fraction of sp³-hybridized carbons (Fsp3) is 0.538. The average Bonchev–Trinajstić information content (AvgIpc) is 2.38. The van der Waals surface area contributed by atoms with E-state index in [1.165, 1.54) is 12.1 Å². The van der Waals surface area contributed by atoms with Crippen LogP contribution in [0, 0.1) is 5.92 Å². The number of sulfonamides is 1. The van der Waals surface area contributed by atoms with Crippen molar-refractivity contribution in [1.82, 2.24) is 4.72 Å². The van der Waals surface area contributed by atoms with Gasteiger partial charge in [0.2, 0.25) is 10.0 Å². The van der Waals surface area contributed by atoms with Gasteiger partial charge in [0.15, 0.2) is 0 Å². The van der Waals surface area contributed by atoms with Gasteiger partial charge in [0.25, 0.3) is 0 Å². The van der Waals surface area contributed by atoms with E-state index in [0.717, 1.165) is 0 Å². The lowest BCUT2D eigenvalue weighted by atomic mass is 9.86. The molecule has 1 fully saturated rings. The minimum Gasteiger partial charge on any atom is -0.208 e. The van der Waals surface area contributed by atoms with E-state index in [1.54, 1.807) is 12.1 Å². The van der Waals surface area contributed by atoms with Crippen LogP contribution in [-0.2, 0) is 10.0 Å². The fourth-order valence-electron chi connectivity index (χ4n) is 2.46. The molecule has 0 amide bonds. The minimum absolute atomic E-state index is 0.0326. The Kier molecular flexibility index (Phi) is 4.99. The van der Waals surface area contributed by atoms with Crippen LogP contribution >= 0.6 is 15.9 Å². The zero-order valence-electron chi connectivity index (χ0n) is 11.0. The summed E-state index contributed by atoms with van der Waals surface area (Å²) in [6.07, 6.45) is -3.84. The quantitative estimate of drug-likeness (QED) is 0.858. The van der Waals surface area contributed by atoms with E-state index in [9.17, 15) is 21.6 Å². The molecular weight excluding hydrogens is 371 g/mol. The molecule has 0 spiro atoms. The van der Waals surface area contributed by atoms with Crippen LogP contribution in [0.25, 0.3) is 0 Å². The SMILES string of the molecule is O=S(=O)(NC1CCC(C(F)(F)F)CC1)c1cccc(Br)c1. The first kappa shape index (κ1) is 16.8. The fourth-order valence-corrected chi connectivity index (χ4v) is 4.36. The van der Waals surface area contributed by atoms with E-state index in [-0.39, 0.29) is 30.6 Å². The number of nitrogens with one attached hydrogen (secondary N) is 1. The Morgan fingerprint density at radius 1 is 1.14 bits per heavy atom. The summed E-state index contributed by atoms with van der Waals surface area (Å²) in [7, 11) is -3.70. The first-order valence-electron chi connectivity index (χ1n) is 6.53. The highest BCUT2D eigenvalue weighted by atomic mass is 79.9. The maximum absolute atomic E-state index is 12.6. The summed E-state index contributed by atoms with van der Waals surface area (Å²) in [4.78, 5) is 0.106. The summed E-state index contributed by atoms with van der Waals surface area (Å²) >= 11 is 3.19. The third-order valence-corrected chi connectivity index (χ3v) is 5.63. The van der Waals surface area contributed by atoms with Crippen molar-refractivity contribution in [2.75, 3.05) is 0 Å². The predicted molar refractivity (Wildman–Crippen MR) is 76.3 cm³/mol. The second kappa shape index (κ2) is 6.26. The molecule has 0 radical (unpaired) electrons. The van der Waals surface area contributed by atoms with Crippen LogP contribution in [0.5, 0.6) is 0 Å². The number of halogens is 4. The molecule has 1 aromatic carbocycles. The molecule has 3 nitrogen and oxygen atoms in total. The first-order valence-corrected chi connectivity index (χ1v) is 8.81. The molecule has 1 saturated carbocycles. The molecular formula is C13H15BrF3NO2S. The highest BCUT2D eigenvalue weighted by molar-refractivity contribution is 9.10. The maximum Gasteiger partial charge on any atom is 0.391 e. The molecule has 118 valence electrons. The standard InChI is InChI=1S/C13H15BrF3NO2S/c14-10-2-1-3-12(8-10)21(19,20)18-11-6-4-9(5-7-11)13(15,16)17/h1-3,8-9,11,18H,4-7H2. The molecule has 0 aromatic heterocycles. The monoisotopic (exact) mass is 385 g/mol. The third kappa shape index (κ3) is 4.43. The molecule has 0 heterocycles. The van der Waals surface area contributed by atoms with Crippen LogP contribution < -0.4 is 4.72 Å². The molecule has 0 saturated heterocycles. The van der Waals surface area contributed by atoms with Gasteiger partial charge >= 0.3 is 6.18 Å². The third-order valence-electron chi connectivity index (χ3n) is 3.62. The largest absolute Gasteiger partial charge is 0.391 e. The van der Waals surface area contributed by atoms with Gasteiger partial charge in [-0.25, -0.2) is 13.1 Å². The van der Waals surface area contributed by atoms with Crippen molar-refractivity contribution in [3.8, 4) is 0 Å². The molecule has 1 N–H and O–H groups in total. The van der Waals surface area contributed by atoms with Crippen molar-refractivity contribution >= 4 is 26.0 Å². The molecule has 1 aliphatic rings. The Hall–Kier alpha value is -0.600. The Balaban J connectivity index is 2.00. The predicted octanol–water partition coefficient (Wildman–Crippen LogP) is 3.85. The zero-order chi connectivity index (χ0) is 15.7. The second-order valence-electron chi connectivity index (χ2n) is 5.17. The Morgan fingerprint density at radius 2 is 1.76 bits per heavy atom. The minimum atomic E-state index is -4.19. The topological polar surface area (TPSA) is 46.2 Å². The molecule has 8 heteroatoms. The Bertz CT molecular complexity index is 596. The lowest BCUT2D eigenvalue weighted by Crippen LogP contribution is -2.39. The number of hydrogen-bond acceptors (Lipinski definition) is 2. The Labute approximate surface area is 130 Å². The van der Waals surface area contributed by atoms with Crippen LogP contribution in [0.4, 0.5) is 13.2 Å². The molecule has 2 rings (SSSR count). The zero-order valence-corrected chi connectivity index (χ0v) is 13.4. The van der Waals surface area contributed by atoms with Gasteiger partial charge in [-0.1, -0.05) is 22.0 Å². The maximum atomic E-state index is 12.6. The number of benzene rings is 1. The molecule has 0 aliphatic heterocycles. The Morgan fingerprint density at radius 3 is 2.29 bits per heavy atom. The van der Waals surface area contributed by atoms with E-state index in [4.69, 9.17) is 0 Å². The van der Waals surface area contributed by atoms with Crippen LogP contribution in [-0.4, -0.2) is 20.6 Å². The van der Waals surface area contributed by atoms with E-state index >= 15 is 0 Å². The smallest absolute Gasteiger partial charge is 0.208 e. The van der Waals surface area contributed by atoms with Gasteiger partial charge in [-0.3, -0.25) is 0 Å². The number of hydrogen-bond donors (Lipinski definition) is 1. The highest BCUT2D eigenvalue weighted by Gasteiger charge is 2.41. The van der Waals surface area contributed by atoms with E-state index < -0.39 is 28.2 Å². The number of rotatable bonds is 3. The summed E-state index contributed by atoms with van der Waals surface area (Å²) in [5.41, 5.74) is 0. The summed E-state index contributed by atoms with van der Waals surface area (Å²) in [6.45, 7) is 0. The lowest BCUT2D eigenvalue weighted by Gasteiger charge is -2.30. The van der Waals surface area contributed by atoms with Gasteiger partial charge in [-0.15, -0.1) is 0 Å². The van der Waals surface area contributed by atoms with Gasteiger partial charge in [0.05, 0.1) is 10.8 Å². The van der Waals surface area contributed by atoms with Crippen molar-refractivity contribution in [3.63, 3.8) is 0 Å². The van der Waals surface area contributed by atoms with Crippen molar-refractivity contribution in [1.29, 1.82) is 0 Å². The van der Waals surface area contributed by atoms with E-state index in [2.05, 4.69) is 20.7 Å². The molecule has 21 heavy (non-hydrogen) atoms. The summed E-state index contributed by atoms with van der Waals surface area (Å²) < 4.78 is 65.2. The molecule has 0 bridgehead atoms. The van der Waals surface area contributed by atoms with Gasteiger partial charge in [-0.2, -0.15) is 13.2 Å². The van der Waals surface area contributed by atoms with Crippen LogP contribution in [0.15, 0.2) is 33.6 Å². The van der Waals surface area contributed by atoms with Crippen molar-refractivity contribution in [2.45, 2.75) is 42.8 Å². The molecule has 0 atom stereocenters. The summed E-state index contributed by atoms with van der Waals surface area (Å²) in [5, 5.41) is 0. The van der Waals surface area contributed by atoms with Gasteiger partial charge in [-0.05, 0) is 43.9 Å².